The fourth-order valence-corrected chi connectivity index (χ4v) is 0. The smallest absolute Gasteiger partial charge is 0 e. The molecule has 0 atom stereocenters. The molecular formula is H6AgAlBNd. The molecule has 0 saturated heterocycles. The van der Waals surface area contributed by atoms with E-state index in [1.165, 1.54) is 0 Å². The molecule has 0 aliphatic carbocycles. The zero-order valence-electron chi connectivity index (χ0n) is 0.802. The summed E-state index contributed by atoms with van der Waals surface area (Å²) in [7, 11) is 0. The van der Waals surface area contributed by atoms with Crippen LogP contribution in [0, 0.1) is 40.8 Å². The standard InChI is InChI=1S/Ag.Al.BH3.Nd.3H/h;;1H3;;;;. The normalized spacial score (nSPS) is 0. The van der Waals surface area contributed by atoms with Crippen molar-refractivity contribution in [2.24, 2.45) is 0 Å². The first-order valence-electron chi connectivity index (χ1n) is 0. The second-order valence-corrected chi connectivity index (χ2v) is 0. The maximum atomic E-state index is 0. The average molecular weight is 296 g/mol. The van der Waals surface area contributed by atoms with Gasteiger partial charge < -0.3 is 0 Å². The van der Waals surface area contributed by atoms with Crippen LogP contribution in [0.15, 0.2) is 0 Å². The number of rotatable bonds is 0. The Morgan fingerprint density at radius 3 is 1.00 bits per heavy atom. The van der Waals surface area contributed by atoms with Crippen molar-refractivity contribution in [3.8, 4) is 0 Å². The van der Waals surface area contributed by atoms with Crippen molar-refractivity contribution in [2.45, 2.75) is 0 Å². The summed E-state index contributed by atoms with van der Waals surface area (Å²) >= 11 is 0. The van der Waals surface area contributed by atoms with Crippen LogP contribution >= 0.6 is 0 Å². The van der Waals surface area contributed by atoms with Gasteiger partial charge in [-0.15, -0.1) is 0 Å². The van der Waals surface area contributed by atoms with E-state index in [4.69, 9.17) is 0 Å². The summed E-state index contributed by atoms with van der Waals surface area (Å²) in [6.45, 7) is 0. The van der Waals surface area contributed by atoms with Crippen LogP contribution < -0.4 is 0 Å². The van der Waals surface area contributed by atoms with E-state index in [1.807, 2.05) is 0 Å². The van der Waals surface area contributed by atoms with Crippen LogP contribution in [0.5, 0.6) is 0 Å². The molecule has 0 unspecified atom stereocenters. The maximum absolute atomic E-state index is 0. The van der Waals surface area contributed by atoms with Crippen LogP contribution in [0.1, 0.15) is 0 Å². The van der Waals surface area contributed by atoms with Gasteiger partial charge in [-0.05, 0) is 0 Å². The molecule has 0 aliphatic rings. The molecule has 0 aromatic heterocycles. The minimum atomic E-state index is 0. The van der Waals surface area contributed by atoms with Gasteiger partial charge in [0.1, 0.15) is 0 Å². The van der Waals surface area contributed by atoms with Gasteiger partial charge in [-0.1, -0.05) is 0 Å². The van der Waals surface area contributed by atoms with E-state index in [0.29, 0.717) is 0 Å². The molecule has 4 heavy (non-hydrogen) atoms. The summed E-state index contributed by atoms with van der Waals surface area (Å²) in [6, 6.07) is 0. The Bertz CT molecular complexity index is 8.00. The first kappa shape index (κ1) is 29.9. The van der Waals surface area contributed by atoms with E-state index in [2.05, 4.69) is 0 Å². The summed E-state index contributed by atoms with van der Waals surface area (Å²) < 4.78 is 0. The monoisotopic (exact) mass is 293 g/mol. The van der Waals surface area contributed by atoms with Gasteiger partial charge in [0.25, 0.3) is 0 Å². The molecule has 0 amide bonds. The van der Waals surface area contributed by atoms with E-state index in [9.17, 15) is 0 Å². The fourth-order valence-electron chi connectivity index (χ4n) is 0. The third-order valence-electron chi connectivity index (χ3n) is 0. The van der Waals surface area contributed by atoms with Gasteiger partial charge in [0, 0.05) is 63.2 Å². The van der Waals surface area contributed by atoms with Crippen LogP contribution in [0.2, 0.25) is 0 Å². The van der Waals surface area contributed by atoms with E-state index in [-0.39, 0.29) is 89.0 Å². The van der Waals surface area contributed by atoms with E-state index in [0.717, 1.165) is 0 Å². The predicted molar refractivity (Wildman–Crippen MR) is 19.9 cm³/mol. The van der Waals surface area contributed by atoms with Crippen LogP contribution in [0.4, 0.5) is 0 Å². The van der Waals surface area contributed by atoms with Gasteiger partial charge in [0.05, 0.1) is 8.41 Å². The SMILES string of the molecule is B.[Ag].[AlH3].[Nd]. The van der Waals surface area contributed by atoms with Gasteiger partial charge >= 0.3 is 0 Å². The minimum Gasteiger partial charge on any atom is 0 e. The zero-order valence-corrected chi connectivity index (χ0v) is 5.49. The third kappa shape index (κ3) is 8.82. The summed E-state index contributed by atoms with van der Waals surface area (Å²) in [4.78, 5) is 0. The summed E-state index contributed by atoms with van der Waals surface area (Å²) in [5, 5.41) is 0. The Hall–Kier alpha value is 2.69. The molecule has 0 aromatic rings. The molecule has 0 aromatic carbocycles. The summed E-state index contributed by atoms with van der Waals surface area (Å²) in [6.07, 6.45) is 0. The topological polar surface area (TPSA) is 0 Å². The van der Waals surface area contributed by atoms with Gasteiger partial charge in [-0.3, -0.25) is 0 Å². The quantitative estimate of drug-likeness (QED) is 0.438. The van der Waals surface area contributed by atoms with Crippen molar-refractivity contribution < 1.29 is 63.2 Å². The summed E-state index contributed by atoms with van der Waals surface area (Å²) in [5.74, 6) is 0. The van der Waals surface area contributed by atoms with Crippen molar-refractivity contribution >= 4 is 25.8 Å². The Morgan fingerprint density at radius 2 is 1.00 bits per heavy atom. The van der Waals surface area contributed by atoms with Crippen molar-refractivity contribution in [3.05, 3.63) is 0 Å². The second kappa shape index (κ2) is 17.3. The molecule has 0 rings (SSSR count). The van der Waals surface area contributed by atoms with Crippen LogP contribution in [0.3, 0.4) is 0 Å². The second-order valence-electron chi connectivity index (χ2n) is 0. The van der Waals surface area contributed by atoms with Crippen molar-refractivity contribution in [2.75, 3.05) is 0 Å². The molecule has 0 bridgehead atoms. The number of hydrogen-bond acceptors (Lipinski definition) is 0. The largest absolute Gasteiger partial charge is 0.187 e. The molecule has 0 N–H and O–H groups in total. The predicted octanol–water partition coefficient (Wildman–Crippen LogP) is -2.37. The molecule has 0 heterocycles. The Morgan fingerprint density at radius 1 is 1.00 bits per heavy atom. The van der Waals surface area contributed by atoms with Crippen LogP contribution in [-0.2, 0) is 22.4 Å². The zero-order chi connectivity index (χ0) is 0. The molecule has 0 fully saturated rings. The number of hydrogen-bond donors (Lipinski definition) is 0. The van der Waals surface area contributed by atoms with Gasteiger partial charge in [0.15, 0.2) is 17.4 Å². The van der Waals surface area contributed by atoms with Crippen LogP contribution in [-0.4, -0.2) is 25.8 Å². The van der Waals surface area contributed by atoms with Crippen molar-refractivity contribution in [3.63, 3.8) is 0 Å². The van der Waals surface area contributed by atoms with Gasteiger partial charge in [-0.25, -0.2) is 0 Å². The van der Waals surface area contributed by atoms with Crippen molar-refractivity contribution in [1.29, 1.82) is 0 Å². The van der Waals surface area contributed by atoms with Crippen LogP contribution in [0.25, 0.3) is 0 Å². The van der Waals surface area contributed by atoms with E-state index >= 15 is 0 Å². The Kier molecular flexibility index (Phi) is 130. The van der Waals surface area contributed by atoms with E-state index < -0.39 is 0 Å². The molecule has 1 radical (unpaired) electrons. The van der Waals surface area contributed by atoms with Gasteiger partial charge in [-0.2, -0.15) is 0 Å². The summed E-state index contributed by atoms with van der Waals surface area (Å²) in [5.41, 5.74) is 0. The fraction of sp³-hybridized carbons (Fsp3) is 0. The van der Waals surface area contributed by atoms with Gasteiger partial charge in [0.2, 0.25) is 0 Å². The molecule has 0 nitrogen and oxygen atoms in total. The molecule has 0 aliphatic heterocycles. The molecular weight excluding hydrogens is 290 g/mol. The first-order chi connectivity index (χ1) is 0. The molecule has 27 valence electrons. The average Bonchev–Trinajstić information content (AvgIpc) is 0. The Labute approximate surface area is 87.2 Å². The maximum Gasteiger partial charge on any atom is 0.187 e. The third-order valence-corrected chi connectivity index (χ3v) is 0. The molecule has 4 heteroatoms. The molecule has 0 saturated carbocycles. The molecule has 0 spiro atoms. The minimum absolute atomic E-state index is 0. The van der Waals surface area contributed by atoms with Crippen molar-refractivity contribution in [1.82, 2.24) is 0 Å². The van der Waals surface area contributed by atoms with E-state index in [1.54, 1.807) is 0 Å². The first-order valence-corrected chi connectivity index (χ1v) is 0. The Balaban J connectivity index is 0.